The molecule has 1 aliphatic rings. The maximum absolute atomic E-state index is 4.36. The van der Waals surface area contributed by atoms with Gasteiger partial charge in [0.1, 0.15) is 0 Å². The van der Waals surface area contributed by atoms with Crippen molar-refractivity contribution in [2.24, 2.45) is 13.0 Å². The Morgan fingerprint density at radius 1 is 1.53 bits per heavy atom. The predicted molar refractivity (Wildman–Crippen MR) is 61.5 cm³/mol. The molecule has 3 nitrogen and oxygen atoms in total. The summed E-state index contributed by atoms with van der Waals surface area (Å²) in [5, 5.41) is 7.94. The van der Waals surface area contributed by atoms with E-state index in [0.29, 0.717) is 6.04 Å². The van der Waals surface area contributed by atoms with Gasteiger partial charge in [-0.05, 0) is 31.7 Å². The maximum atomic E-state index is 4.36. The van der Waals surface area contributed by atoms with Crippen molar-refractivity contribution in [3.05, 3.63) is 18.0 Å². The van der Waals surface area contributed by atoms with Crippen molar-refractivity contribution >= 4 is 0 Å². The van der Waals surface area contributed by atoms with Crippen LogP contribution in [0.25, 0.3) is 0 Å². The molecule has 0 unspecified atom stereocenters. The van der Waals surface area contributed by atoms with E-state index in [1.807, 2.05) is 17.9 Å². The second-order valence-corrected chi connectivity index (χ2v) is 4.69. The molecule has 1 N–H and O–H groups in total. The highest BCUT2D eigenvalue weighted by Gasteiger charge is 2.20. The summed E-state index contributed by atoms with van der Waals surface area (Å²) in [6.07, 6.45) is 7.63. The second kappa shape index (κ2) is 4.79. The van der Waals surface area contributed by atoms with Gasteiger partial charge >= 0.3 is 0 Å². The minimum Gasteiger partial charge on any atom is -0.308 e. The molecule has 0 spiro atoms. The number of aromatic nitrogens is 2. The van der Waals surface area contributed by atoms with Gasteiger partial charge in [-0.25, -0.2) is 0 Å². The summed E-state index contributed by atoms with van der Waals surface area (Å²) in [5.41, 5.74) is 1.14. The van der Waals surface area contributed by atoms with E-state index in [0.717, 1.165) is 18.2 Å². The Labute approximate surface area is 91.9 Å². The fraction of sp³-hybridized carbons (Fsp3) is 0.750. The SMILES string of the molecule is C[C@@H](NCc1ccn(C)n1)C1CCCC1. The maximum Gasteiger partial charge on any atom is 0.0762 e. The van der Waals surface area contributed by atoms with Crippen LogP contribution in [-0.4, -0.2) is 15.8 Å². The Balaban J connectivity index is 1.77. The minimum atomic E-state index is 0.634. The van der Waals surface area contributed by atoms with E-state index in [1.54, 1.807) is 0 Å². The predicted octanol–water partition coefficient (Wildman–Crippen LogP) is 2.09. The van der Waals surface area contributed by atoms with Crippen LogP contribution < -0.4 is 5.32 Å². The third kappa shape index (κ3) is 2.81. The second-order valence-electron chi connectivity index (χ2n) is 4.69. The van der Waals surface area contributed by atoms with Gasteiger partial charge in [0.2, 0.25) is 0 Å². The molecule has 0 aromatic carbocycles. The van der Waals surface area contributed by atoms with E-state index in [4.69, 9.17) is 0 Å². The Morgan fingerprint density at radius 2 is 2.27 bits per heavy atom. The Bertz CT molecular complexity index is 300. The third-order valence-corrected chi connectivity index (χ3v) is 3.48. The Hall–Kier alpha value is -0.830. The summed E-state index contributed by atoms with van der Waals surface area (Å²) >= 11 is 0. The number of rotatable bonds is 4. The summed E-state index contributed by atoms with van der Waals surface area (Å²) in [7, 11) is 1.96. The molecule has 0 amide bonds. The monoisotopic (exact) mass is 207 g/mol. The van der Waals surface area contributed by atoms with Crippen LogP contribution in [0.15, 0.2) is 12.3 Å². The van der Waals surface area contributed by atoms with Crippen LogP contribution in [0.4, 0.5) is 0 Å². The number of hydrogen-bond donors (Lipinski definition) is 1. The van der Waals surface area contributed by atoms with Crippen molar-refractivity contribution in [1.82, 2.24) is 15.1 Å². The highest BCUT2D eigenvalue weighted by molar-refractivity contribution is 4.98. The highest BCUT2D eigenvalue weighted by atomic mass is 15.3. The van der Waals surface area contributed by atoms with E-state index in [9.17, 15) is 0 Å². The lowest BCUT2D eigenvalue weighted by atomic mass is 10.00. The van der Waals surface area contributed by atoms with Crippen LogP contribution in [0, 0.1) is 5.92 Å². The van der Waals surface area contributed by atoms with Crippen molar-refractivity contribution in [2.45, 2.75) is 45.2 Å². The minimum absolute atomic E-state index is 0.634. The fourth-order valence-electron chi connectivity index (χ4n) is 2.45. The van der Waals surface area contributed by atoms with Gasteiger partial charge in [0, 0.05) is 25.8 Å². The molecule has 1 aliphatic carbocycles. The average molecular weight is 207 g/mol. The highest BCUT2D eigenvalue weighted by Crippen LogP contribution is 2.27. The first-order valence-corrected chi connectivity index (χ1v) is 5.97. The summed E-state index contributed by atoms with van der Waals surface area (Å²) in [5.74, 6) is 0.883. The van der Waals surface area contributed by atoms with Crippen LogP contribution in [0.2, 0.25) is 0 Å². The lowest BCUT2D eigenvalue weighted by Gasteiger charge is -2.19. The molecule has 1 aromatic rings. The van der Waals surface area contributed by atoms with Gasteiger partial charge < -0.3 is 5.32 Å². The van der Waals surface area contributed by atoms with Crippen molar-refractivity contribution in [3.8, 4) is 0 Å². The smallest absolute Gasteiger partial charge is 0.0762 e. The molecule has 0 bridgehead atoms. The summed E-state index contributed by atoms with van der Waals surface area (Å²) in [6, 6.07) is 2.71. The normalized spacial score (nSPS) is 19.6. The van der Waals surface area contributed by atoms with Crippen LogP contribution >= 0.6 is 0 Å². The molecule has 0 saturated heterocycles. The molecule has 0 radical (unpaired) electrons. The zero-order valence-electron chi connectivity index (χ0n) is 9.74. The first kappa shape index (κ1) is 10.7. The lowest BCUT2D eigenvalue weighted by molar-refractivity contribution is 0.378. The molecule has 3 heteroatoms. The van der Waals surface area contributed by atoms with Crippen molar-refractivity contribution in [3.63, 3.8) is 0 Å². The summed E-state index contributed by atoms with van der Waals surface area (Å²) < 4.78 is 1.86. The lowest BCUT2D eigenvalue weighted by Crippen LogP contribution is -2.31. The Kier molecular flexibility index (Phi) is 3.41. The first-order chi connectivity index (χ1) is 7.25. The number of nitrogens with one attached hydrogen (secondary N) is 1. The zero-order chi connectivity index (χ0) is 10.7. The quantitative estimate of drug-likeness (QED) is 0.819. The van der Waals surface area contributed by atoms with Gasteiger partial charge in [0.05, 0.1) is 5.69 Å². The fourth-order valence-corrected chi connectivity index (χ4v) is 2.45. The summed E-state index contributed by atoms with van der Waals surface area (Å²) in [4.78, 5) is 0. The van der Waals surface area contributed by atoms with Crippen LogP contribution in [-0.2, 0) is 13.6 Å². The molecule has 84 valence electrons. The van der Waals surface area contributed by atoms with Gasteiger partial charge in [-0.3, -0.25) is 4.68 Å². The summed E-state index contributed by atoms with van der Waals surface area (Å²) in [6.45, 7) is 3.21. The van der Waals surface area contributed by atoms with E-state index >= 15 is 0 Å². The van der Waals surface area contributed by atoms with Gasteiger partial charge in [0.25, 0.3) is 0 Å². The van der Waals surface area contributed by atoms with Gasteiger partial charge in [0.15, 0.2) is 0 Å². The van der Waals surface area contributed by atoms with Gasteiger partial charge in [-0.2, -0.15) is 5.10 Å². The van der Waals surface area contributed by atoms with Crippen LogP contribution in [0.3, 0.4) is 0 Å². The largest absolute Gasteiger partial charge is 0.308 e. The van der Waals surface area contributed by atoms with Crippen molar-refractivity contribution in [1.29, 1.82) is 0 Å². The number of hydrogen-bond acceptors (Lipinski definition) is 2. The number of nitrogens with zero attached hydrogens (tertiary/aromatic N) is 2. The van der Waals surface area contributed by atoms with Crippen LogP contribution in [0.5, 0.6) is 0 Å². The van der Waals surface area contributed by atoms with Gasteiger partial charge in [-0.1, -0.05) is 12.8 Å². The topological polar surface area (TPSA) is 29.9 Å². The zero-order valence-corrected chi connectivity index (χ0v) is 9.74. The molecule has 1 atom stereocenters. The molecular weight excluding hydrogens is 186 g/mol. The van der Waals surface area contributed by atoms with E-state index in [-0.39, 0.29) is 0 Å². The third-order valence-electron chi connectivity index (χ3n) is 3.48. The molecule has 1 aromatic heterocycles. The molecule has 1 saturated carbocycles. The molecule has 0 aliphatic heterocycles. The molecule has 15 heavy (non-hydrogen) atoms. The molecular formula is C12H21N3. The average Bonchev–Trinajstić information content (AvgIpc) is 2.84. The van der Waals surface area contributed by atoms with E-state index < -0.39 is 0 Å². The molecule has 1 heterocycles. The molecule has 1 fully saturated rings. The van der Waals surface area contributed by atoms with E-state index in [2.05, 4.69) is 23.4 Å². The number of aryl methyl sites for hydroxylation is 1. The van der Waals surface area contributed by atoms with Crippen LogP contribution in [0.1, 0.15) is 38.3 Å². The molecule has 2 rings (SSSR count). The first-order valence-electron chi connectivity index (χ1n) is 5.97. The van der Waals surface area contributed by atoms with E-state index in [1.165, 1.54) is 25.7 Å². The van der Waals surface area contributed by atoms with Gasteiger partial charge in [-0.15, -0.1) is 0 Å². The van der Waals surface area contributed by atoms with Crippen molar-refractivity contribution < 1.29 is 0 Å². The Morgan fingerprint density at radius 3 is 2.87 bits per heavy atom. The van der Waals surface area contributed by atoms with Crippen molar-refractivity contribution in [2.75, 3.05) is 0 Å². The standard InChI is InChI=1S/C12H21N3/c1-10(11-5-3-4-6-11)13-9-12-7-8-15(2)14-12/h7-8,10-11,13H,3-6,9H2,1-2H3/t10-/m1/s1.